The Morgan fingerprint density at radius 1 is 1.06 bits per heavy atom. The topological polar surface area (TPSA) is 85.6 Å². The second kappa shape index (κ2) is 9.49. The fourth-order valence-corrected chi connectivity index (χ4v) is 3.31. The van der Waals surface area contributed by atoms with Crippen LogP contribution in [0.15, 0.2) is 71.1 Å². The molecule has 1 aromatic heterocycles. The van der Waals surface area contributed by atoms with E-state index in [-0.39, 0.29) is 11.0 Å². The number of anilines is 1. The lowest BCUT2D eigenvalue weighted by Gasteiger charge is -2.10. The van der Waals surface area contributed by atoms with E-state index in [0.29, 0.717) is 46.3 Å². The number of nitrogens with zero attached hydrogens (tertiary/aromatic N) is 1. The third-order valence-electron chi connectivity index (χ3n) is 4.62. The molecule has 162 valence electrons. The Balaban J connectivity index is 1.44. The van der Waals surface area contributed by atoms with Crippen LogP contribution in [-0.2, 0) is 0 Å². The molecule has 4 rings (SSSR count). The number of carbonyl (C=O) groups excluding carboxylic acids is 1. The summed E-state index contributed by atoms with van der Waals surface area (Å²) < 4.78 is 16.5. The molecule has 0 aliphatic heterocycles. The average Bonchev–Trinajstić information content (AvgIpc) is 3.23. The number of thiocarbonyl (C=S) groups is 1. The molecule has 8 heteroatoms. The van der Waals surface area contributed by atoms with Crippen molar-refractivity contribution in [2.75, 3.05) is 19.0 Å². The number of carbonyl (C=O) groups is 1. The number of methoxy groups -OCH3 is 1. The van der Waals surface area contributed by atoms with Gasteiger partial charge >= 0.3 is 0 Å². The number of nitrogens with one attached hydrogen (secondary N) is 2. The molecule has 0 saturated heterocycles. The van der Waals surface area contributed by atoms with Gasteiger partial charge in [0.15, 0.2) is 10.7 Å². The highest BCUT2D eigenvalue weighted by molar-refractivity contribution is 7.80. The first-order valence-electron chi connectivity index (χ1n) is 9.96. The summed E-state index contributed by atoms with van der Waals surface area (Å²) in [6.45, 7) is 2.47. The van der Waals surface area contributed by atoms with Crippen LogP contribution in [-0.4, -0.2) is 29.7 Å². The van der Waals surface area contributed by atoms with Crippen LogP contribution in [0.2, 0.25) is 0 Å². The van der Waals surface area contributed by atoms with Gasteiger partial charge in [-0.2, -0.15) is 0 Å². The third-order valence-corrected chi connectivity index (χ3v) is 4.82. The maximum atomic E-state index is 12.4. The number of benzene rings is 3. The number of ether oxygens (including phenoxy) is 2. The van der Waals surface area contributed by atoms with Gasteiger partial charge < -0.3 is 19.2 Å². The van der Waals surface area contributed by atoms with E-state index in [1.165, 1.54) is 0 Å². The molecule has 0 aliphatic carbocycles. The van der Waals surface area contributed by atoms with Crippen molar-refractivity contribution < 1.29 is 18.7 Å². The van der Waals surface area contributed by atoms with E-state index in [0.717, 1.165) is 5.56 Å². The molecule has 0 spiro atoms. The predicted octanol–water partition coefficient (Wildman–Crippen LogP) is 5.03. The molecule has 0 atom stereocenters. The second-order valence-corrected chi connectivity index (χ2v) is 7.21. The van der Waals surface area contributed by atoms with Crippen LogP contribution in [0.1, 0.15) is 17.3 Å². The van der Waals surface area contributed by atoms with Gasteiger partial charge in [-0.05, 0) is 73.7 Å². The smallest absolute Gasteiger partial charge is 0.257 e. The number of rotatable bonds is 6. The van der Waals surface area contributed by atoms with Gasteiger partial charge in [0.05, 0.1) is 13.7 Å². The summed E-state index contributed by atoms with van der Waals surface area (Å²) in [7, 11) is 1.61. The summed E-state index contributed by atoms with van der Waals surface area (Å²) >= 11 is 5.30. The van der Waals surface area contributed by atoms with E-state index < -0.39 is 0 Å². The summed E-state index contributed by atoms with van der Waals surface area (Å²) in [4.78, 5) is 17.0. The fourth-order valence-electron chi connectivity index (χ4n) is 3.09. The SMILES string of the molecule is CCOc1ccc(C(=O)NC(=S)Nc2cccc(-c3nc4cc(OC)ccc4o3)c2)cc1. The summed E-state index contributed by atoms with van der Waals surface area (Å²) in [6, 6.07) is 19.7. The lowest BCUT2D eigenvalue weighted by atomic mass is 10.2. The van der Waals surface area contributed by atoms with E-state index in [4.69, 9.17) is 26.1 Å². The zero-order valence-electron chi connectivity index (χ0n) is 17.5. The third kappa shape index (κ3) is 4.87. The first-order chi connectivity index (χ1) is 15.6. The molecule has 4 aromatic rings. The molecule has 0 bridgehead atoms. The standard InChI is InChI=1S/C24H21N3O4S/c1-3-30-18-9-7-15(8-10-18)22(28)27-24(32)25-17-6-4-5-16(13-17)23-26-20-14-19(29-2)11-12-21(20)31-23/h4-14H,3H2,1-2H3,(H2,25,27,28,32). The Morgan fingerprint density at radius 3 is 2.59 bits per heavy atom. The van der Waals surface area contributed by atoms with E-state index in [9.17, 15) is 4.79 Å². The fraction of sp³-hybridized carbons (Fsp3) is 0.125. The minimum atomic E-state index is -0.311. The van der Waals surface area contributed by atoms with Gasteiger partial charge in [0.2, 0.25) is 5.89 Å². The zero-order valence-corrected chi connectivity index (χ0v) is 18.4. The van der Waals surface area contributed by atoms with Crippen LogP contribution < -0.4 is 20.1 Å². The number of amides is 1. The number of oxazole rings is 1. The Morgan fingerprint density at radius 2 is 1.84 bits per heavy atom. The molecule has 0 fully saturated rings. The average molecular weight is 448 g/mol. The van der Waals surface area contributed by atoms with Crippen LogP contribution in [0.25, 0.3) is 22.6 Å². The molecule has 0 aliphatic rings. The molecule has 1 amide bonds. The van der Waals surface area contributed by atoms with E-state index in [1.54, 1.807) is 31.4 Å². The minimum absolute atomic E-state index is 0.184. The molecule has 7 nitrogen and oxygen atoms in total. The first-order valence-corrected chi connectivity index (χ1v) is 10.4. The maximum Gasteiger partial charge on any atom is 0.257 e. The van der Waals surface area contributed by atoms with Crippen molar-refractivity contribution >= 4 is 40.0 Å². The van der Waals surface area contributed by atoms with Crippen molar-refractivity contribution in [1.82, 2.24) is 10.3 Å². The van der Waals surface area contributed by atoms with Crippen LogP contribution >= 0.6 is 12.2 Å². The molecule has 0 saturated carbocycles. The van der Waals surface area contributed by atoms with Gasteiger partial charge in [0, 0.05) is 22.9 Å². The molecule has 3 aromatic carbocycles. The Kier molecular flexibility index (Phi) is 6.32. The van der Waals surface area contributed by atoms with Gasteiger partial charge in [0.1, 0.15) is 17.0 Å². The first kappa shape index (κ1) is 21.3. The van der Waals surface area contributed by atoms with Gasteiger partial charge in [-0.15, -0.1) is 0 Å². The molecule has 0 unspecified atom stereocenters. The molecular formula is C24H21N3O4S. The van der Waals surface area contributed by atoms with Crippen molar-refractivity contribution in [3.8, 4) is 23.0 Å². The highest BCUT2D eigenvalue weighted by Gasteiger charge is 2.12. The van der Waals surface area contributed by atoms with Crippen molar-refractivity contribution in [1.29, 1.82) is 0 Å². The van der Waals surface area contributed by atoms with Crippen molar-refractivity contribution in [3.63, 3.8) is 0 Å². The second-order valence-electron chi connectivity index (χ2n) is 6.80. The Labute approximate surface area is 190 Å². The van der Waals surface area contributed by atoms with Crippen molar-refractivity contribution in [2.45, 2.75) is 6.92 Å². The van der Waals surface area contributed by atoms with Crippen molar-refractivity contribution in [3.05, 3.63) is 72.3 Å². The number of hydrogen-bond donors (Lipinski definition) is 2. The molecular weight excluding hydrogens is 426 g/mol. The summed E-state index contributed by atoms with van der Waals surface area (Å²) in [6.07, 6.45) is 0. The van der Waals surface area contributed by atoms with E-state index in [1.807, 2.05) is 49.4 Å². The number of hydrogen-bond acceptors (Lipinski definition) is 6. The van der Waals surface area contributed by atoms with Crippen LogP contribution in [0.5, 0.6) is 11.5 Å². The highest BCUT2D eigenvalue weighted by atomic mass is 32.1. The monoisotopic (exact) mass is 447 g/mol. The molecule has 32 heavy (non-hydrogen) atoms. The summed E-state index contributed by atoms with van der Waals surface area (Å²) in [5.41, 5.74) is 3.31. The van der Waals surface area contributed by atoms with Crippen LogP contribution in [0, 0.1) is 0 Å². The van der Waals surface area contributed by atoms with Crippen molar-refractivity contribution in [2.24, 2.45) is 0 Å². The molecule has 1 heterocycles. The number of fused-ring (bicyclic) bond motifs is 1. The van der Waals surface area contributed by atoms with Gasteiger partial charge in [-0.25, -0.2) is 4.98 Å². The lowest BCUT2D eigenvalue weighted by molar-refractivity contribution is 0.0977. The molecule has 0 radical (unpaired) electrons. The normalized spacial score (nSPS) is 10.6. The minimum Gasteiger partial charge on any atom is -0.497 e. The van der Waals surface area contributed by atoms with Crippen LogP contribution in [0.3, 0.4) is 0 Å². The Hall–Kier alpha value is -3.91. The molecule has 2 N–H and O–H groups in total. The quantitative estimate of drug-likeness (QED) is 0.401. The largest absolute Gasteiger partial charge is 0.497 e. The van der Waals surface area contributed by atoms with Gasteiger partial charge in [-0.1, -0.05) is 6.07 Å². The summed E-state index contributed by atoms with van der Waals surface area (Å²) in [5.74, 6) is 1.58. The Bertz CT molecular complexity index is 1270. The highest BCUT2D eigenvalue weighted by Crippen LogP contribution is 2.28. The lowest BCUT2D eigenvalue weighted by Crippen LogP contribution is -2.34. The zero-order chi connectivity index (χ0) is 22.5. The summed E-state index contributed by atoms with van der Waals surface area (Å²) in [5, 5.41) is 5.88. The van der Waals surface area contributed by atoms with E-state index in [2.05, 4.69) is 15.6 Å². The van der Waals surface area contributed by atoms with Gasteiger partial charge in [0.25, 0.3) is 5.91 Å². The van der Waals surface area contributed by atoms with E-state index >= 15 is 0 Å². The maximum absolute atomic E-state index is 12.4. The predicted molar refractivity (Wildman–Crippen MR) is 127 cm³/mol. The van der Waals surface area contributed by atoms with Crippen LogP contribution in [0.4, 0.5) is 5.69 Å². The number of aromatic nitrogens is 1. The van der Waals surface area contributed by atoms with Gasteiger partial charge in [-0.3, -0.25) is 10.1 Å².